The van der Waals surface area contributed by atoms with E-state index in [-0.39, 0.29) is 6.61 Å². The fraction of sp³-hybridized carbons (Fsp3) is 0.719. The van der Waals surface area contributed by atoms with Gasteiger partial charge in [0.2, 0.25) is 11.8 Å². The Balaban J connectivity index is 1.42. The normalized spacial score (nSPS) is 40.3. The summed E-state index contributed by atoms with van der Waals surface area (Å²) >= 11 is 0. The second kappa shape index (κ2) is 17.0. The minimum atomic E-state index is -2.57. The van der Waals surface area contributed by atoms with Crippen molar-refractivity contribution in [2.75, 3.05) is 19.8 Å². The van der Waals surface area contributed by atoms with Crippen LogP contribution in [0.25, 0.3) is 0 Å². The predicted molar refractivity (Wildman–Crippen MR) is 167 cm³/mol. The summed E-state index contributed by atoms with van der Waals surface area (Å²) in [5.41, 5.74) is 0.733. The monoisotopic (exact) mass is 746 g/mol. The first-order valence-electron chi connectivity index (χ1n) is 16.7. The number of esters is 1. The Labute approximate surface area is 297 Å². The lowest BCUT2D eigenvalue weighted by atomic mass is 9.87. The van der Waals surface area contributed by atoms with Crippen LogP contribution in [0.15, 0.2) is 30.3 Å². The van der Waals surface area contributed by atoms with Crippen molar-refractivity contribution in [1.82, 2.24) is 10.6 Å². The maximum Gasteiger partial charge on any atom is 0.367 e. The van der Waals surface area contributed by atoms with Crippen LogP contribution >= 0.6 is 0 Å². The summed E-state index contributed by atoms with van der Waals surface area (Å²) in [5, 5.41) is 89.6. The average Bonchev–Trinajstić information content (AvgIpc) is 3.11. The van der Waals surface area contributed by atoms with Crippen molar-refractivity contribution < 1.29 is 88.4 Å². The summed E-state index contributed by atoms with van der Waals surface area (Å²) in [6.07, 6.45) is -22.1. The molecule has 0 aromatic heterocycles. The van der Waals surface area contributed by atoms with Gasteiger partial charge in [0.1, 0.15) is 61.0 Å². The van der Waals surface area contributed by atoms with Crippen molar-refractivity contribution in [3.8, 4) is 0 Å². The van der Waals surface area contributed by atoms with Crippen molar-refractivity contribution >= 4 is 17.8 Å². The molecule has 2 amide bonds. The lowest BCUT2D eigenvalue weighted by molar-refractivity contribution is -0.402. The Kier molecular flexibility index (Phi) is 13.2. The summed E-state index contributed by atoms with van der Waals surface area (Å²) in [7, 11) is 0. The molecular formula is C32H46N2O18. The topological polar surface area (TPSA) is 302 Å². The second-order valence-corrected chi connectivity index (χ2v) is 13.1. The summed E-state index contributed by atoms with van der Waals surface area (Å²) in [6, 6.07) is 6.23. The second-order valence-electron chi connectivity index (χ2n) is 13.1. The smallest absolute Gasteiger partial charge is 0.367 e. The van der Waals surface area contributed by atoms with E-state index in [1.807, 2.05) is 0 Å². The summed E-state index contributed by atoms with van der Waals surface area (Å²) in [4.78, 5) is 37.7. The predicted octanol–water partition coefficient (Wildman–Crippen LogP) is -5.38. The Morgan fingerprint density at radius 3 is 2.13 bits per heavy atom. The summed E-state index contributed by atoms with van der Waals surface area (Å²) in [6.45, 7) is -0.205. The first-order chi connectivity index (χ1) is 24.7. The molecule has 4 aliphatic heterocycles. The quantitative estimate of drug-likeness (QED) is 0.0893. The molecule has 4 fully saturated rings. The van der Waals surface area contributed by atoms with Crippen LogP contribution in [0, 0.1) is 0 Å². The molecule has 52 heavy (non-hydrogen) atoms. The van der Waals surface area contributed by atoms with Gasteiger partial charge in [-0.2, -0.15) is 0 Å². The summed E-state index contributed by atoms with van der Waals surface area (Å²) in [5.74, 6) is -5.09. The molecule has 0 radical (unpaired) electrons. The van der Waals surface area contributed by atoms with Crippen LogP contribution in [0.4, 0.5) is 0 Å². The van der Waals surface area contributed by atoms with Crippen LogP contribution < -0.4 is 10.6 Å². The van der Waals surface area contributed by atoms with Gasteiger partial charge in [-0.15, -0.1) is 0 Å². The molecule has 5 rings (SSSR count). The molecule has 4 aliphatic rings. The zero-order chi connectivity index (χ0) is 37.9. The van der Waals surface area contributed by atoms with Crippen molar-refractivity contribution in [2.24, 2.45) is 0 Å². The first-order valence-corrected chi connectivity index (χ1v) is 16.7. The fourth-order valence-electron chi connectivity index (χ4n) is 6.77. The van der Waals surface area contributed by atoms with Crippen molar-refractivity contribution in [2.45, 2.75) is 124 Å². The number of hydrogen-bond donors (Lipinski definition) is 10. The Morgan fingerprint density at radius 1 is 0.885 bits per heavy atom. The maximum atomic E-state index is 13.5. The van der Waals surface area contributed by atoms with Gasteiger partial charge < -0.3 is 84.6 Å². The molecular weight excluding hydrogens is 700 g/mol. The van der Waals surface area contributed by atoms with Gasteiger partial charge in [-0.05, 0) is 5.56 Å². The number of amides is 2. The average molecular weight is 747 g/mol. The van der Waals surface area contributed by atoms with E-state index in [1.54, 1.807) is 30.3 Å². The van der Waals surface area contributed by atoms with Crippen LogP contribution in [0.1, 0.15) is 25.8 Å². The highest BCUT2D eigenvalue weighted by molar-refractivity contribution is 5.79. The summed E-state index contributed by atoms with van der Waals surface area (Å²) < 4.78 is 41.0. The molecule has 0 saturated carbocycles. The van der Waals surface area contributed by atoms with E-state index < -0.39 is 142 Å². The number of carbonyl (C=O) groups is 3. The molecule has 0 bridgehead atoms. The molecule has 16 atom stereocenters. The molecule has 20 heteroatoms. The van der Waals surface area contributed by atoms with E-state index >= 15 is 0 Å². The van der Waals surface area contributed by atoms with E-state index in [1.165, 1.54) is 6.92 Å². The van der Waals surface area contributed by atoms with E-state index in [4.69, 9.17) is 33.2 Å². The lowest BCUT2D eigenvalue weighted by Crippen LogP contribution is -2.74. The van der Waals surface area contributed by atoms with Crippen LogP contribution in [0.5, 0.6) is 0 Å². The van der Waals surface area contributed by atoms with Crippen LogP contribution in [0.2, 0.25) is 0 Å². The van der Waals surface area contributed by atoms with Gasteiger partial charge in [0.15, 0.2) is 18.7 Å². The third kappa shape index (κ3) is 8.40. The Bertz CT molecular complexity index is 1380. The van der Waals surface area contributed by atoms with Crippen LogP contribution in [-0.2, 0) is 54.1 Å². The number of carbonyl (C=O) groups excluding carboxylic acids is 3. The molecule has 20 nitrogen and oxygen atoms in total. The van der Waals surface area contributed by atoms with E-state index in [2.05, 4.69) is 10.6 Å². The van der Waals surface area contributed by atoms with E-state index in [9.17, 15) is 55.2 Å². The highest BCUT2D eigenvalue weighted by atomic mass is 16.8. The Hall–Kier alpha value is -2.93. The van der Waals surface area contributed by atoms with Crippen molar-refractivity contribution in [3.05, 3.63) is 35.9 Å². The number of aliphatic hydroxyl groups is 8. The molecule has 1 spiro atoms. The number of hydrogen-bond acceptors (Lipinski definition) is 18. The van der Waals surface area contributed by atoms with Gasteiger partial charge >= 0.3 is 5.97 Å². The lowest BCUT2D eigenvalue weighted by Gasteiger charge is -2.54. The maximum absolute atomic E-state index is 13.5. The van der Waals surface area contributed by atoms with E-state index in [0.717, 1.165) is 12.5 Å². The van der Waals surface area contributed by atoms with Gasteiger partial charge in [0.25, 0.3) is 5.79 Å². The standard InChI is InChI=1S/C32H46N2O18/c1-13(38)33-20-16(40)8-32(51-27(20)22(42)17(41)9-35)31(45)50-25-19(11-37)48-30(24(44)28(25)52-32)49-26-21(34-14(2)39)29(47-18(10-36)23(26)43)46-12-15-6-4-3-5-7-15/h3-7,16-30,35-37,40-44H,8-12H2,1-2H3,(H,33,38)(H,34,39)/t16-,17+,18+,19+,20+,21+,22+,23-,24+,25-,26+,27+,28+,29-,30-,32-/m0/s1. The van der Waals surface area contributed by atoms with Crippen molar-refractivity contribution in [1.29, 1.82) is 0 Å². The highest BCUT2D eigenvalue weighted by Crippen LogP contribution is 2.42. The van der Waals surface area contributed by atoms with Gasteiger partial charge in [-0.1, -0.05) is 30.3 Å². The molecule has 1 aromatic carbocycles. The molecule has 4 saturated heterocycles. The number of fused-ring (bicyclic) bond motifs is 1. The molecule has 0 aliphatic carbocycles. The highest BCUT2D eigenvalue weighted by Gasteiger charge is 2.64. The SMILES string of the molecule is CC(=O)N[C@H]1[C@@H](OCc2ccccc2)O[C@H](CO)[C@H](O)[C@@H]1O[C@@H]1O[C@H](CO)[C@@H]2OC(=O)[C@]3(C[C@H](O)[C@@H](NC(C)=O)[C@H]([C@H](O)[C@H](O)CO)O3)O[C@@H]2[C@H]1O. The number of rotatable bonds is 12. The molecule has 0 unspecified atom stereocenters. The van der Waals surface area contributed by atoms with Crippen LogP contribution in [-0.4, -0.2) is 176 Å². The van der Waals surface area contributed by atoms with Crippen molar-refractivity contribution in [3.63, 3.8) is 0 Å². The van der Waals surface area contributed by atoms with Gasteiger partial charge in [0, 0.05) is 20.3 Å². The van der Waals surface area contributed by atoms with Gasteiger partial charge in [-0.3, -0.25) is 9.59 Å². The minimum Gasteiger partial charge on any atom is -0.453 e. The fourth-order valence-corrected chi connectivity index (χ4v) is 6.77. The van der Waals surface area contributed by atoms with Gasteiger partial charge in [0.05, 0.1) is 38.6 Å². The zero-order valence-electron chi connectivity index (χ0n) is 28.2. The zero-order valence-corrected chi connectivity index (χ0v) is 28.2. The number of ether oxygens (including phenoxy) is 7. The van der Waals surface area contributed by atoms with Crippen LogP contribution in [0.3, 0.4) is 0 Å². The largest absolute Gasteiger partial charge is 0.453 e. The molecule has 10 N–H and O–H groups in total. The Morgan fingerprint density at radius 2 is 1.52 bits per heavy atom. The minimum absolute atomic E-state index is 0.0115. The van der Waals surface area contributed by atoms with E-state index in [0.29, 0.717) is 0 Å². The molecule has 292 valence electrons. The third-order valence-corrected chi connectivity index (χ3v) is 9.31. The molecule has 1 aromatic rings. The number of nitrogens with one attached hydrogen (secondary N) is 2. The molecule has 4 heterocycles. The number of aliphatic hydroxyl groups excluding tert-OH is 8. The van der Waals surface area contributed by atoms with Gasteiger partial charge in [-0.25, -0.2) is 4.79 Å². The first kappa shape index (κ1) is 40.3. The third-order valence-electron chi connectivity index (χ3n) is 9.31. The number of benzene rings is 1.